The first kappa shape index (κ1) is 19.7. The van der Waals surface area contributed by atoms with E-state index in [4.69, 9.17) is 0 Å². The fourth-order valence-electron chi connectivity index (χ4n) is 2.74. The summed E-state index contributed by atoms with van der Waals surface area (Å²) in [4.78, 5) is 4.01. The number of hydrogen-bond donors (Lipinski definition) is 0. The molecule has 1 heteroatoms. The summed E-state index contributed by atoms with van der Waals surface area (Å²) in [6.07, 6.45) is 24.8. The van der Waals surface area contributed by atoms with Crippen molar-refractivity contribution >= 4 is 6.21 Å². The molecule has 0 unspecified atom stereocenters. The fraction of sp³-hybridized carbons (Fsp3) is 0.947. The number of hydrogen-bond acceptors (Lipinski definition) is 1. The van der Waals surface area contributed by atoms with E-state index in [1.807, 2.05) is 13.3 Å². The van der Waals surface area contributed by atoms with Crippen LogP contribution in [-0.4, -0.2) is 13.3 Å². The van der Waals surface area contributed by atoms with Gasteiger partial charge in [-0.2, -0.15) is 0 Å². The fourth-order valence-corrected chi connectivity index (χ4v) is 2.74. The van der Waals surface area contributed by atoms with Crippen molar-refractivity contribution in [2.75, 3.05) is 7.05 Å². The lowest BCUT2D eigenvalue weighted by Gasteiger charge is -2.03. The highest BCUT2D eigenvalue weighted by Gasteiger charge is 1.93. The molecule has 0 aromatic carbocycles. The third kappa shape index (κ3) is 17.7. The Hall–Kier alpha value is -0.330. The molecule has 1 nitrogen and oxygen atoms in total. The summed E-state index contributed by atoms with van der Waals surface area (Å²) in [5.41, 5.74) is 0. The van der Waals surface area contributed by atoms with Gasteiger partial charge in [-0.15, -0.1) is 0 Å². The molecule has 0 heterocycles. The Labute approximate surface area is 128 Å². The van der Waals surface area contributed by atoms with Gasteiger partial charge in [-0.3, -0.25) is 0 Å². The topological polar surface area (TPSA) is 12.4 Å². The molecule has 0 aliphatic heterocycles. The van der Waals surface area contributed by atoms with Gasteiger partial charge in [-0.25, -0.2) is 0 Å². The van der Waals surface area contributed by atoms with E-state index in [0.29, 0.717) is 0 Å². The smallest absolute Gasteiger partial charge is 0.0273 e. The average Bonchev–Trinajstić information content (AvgIpc) is 2.47. The molecule has 0 fully saturated rings. The first-order valence-corrected chi connectivity index (χ1v) is 9.32. The van der Waals surface area contributed by atoms with Gasteiger partial charge in [0.25, 0.3) is 0 Å². The monoisotopic (exact) mass is 281 g/mol. The zero-order valence-corrected chi connectivity index (χ0v) is 14.3. The third-order valence-corrected chi connectivity index (χ3v) is 4.12. The molecule has 0 atom stereocenters. The lowest BCUT2D eigenvalue weighted by atomic mass is 10.0. The van der Waals surface area contributed by atoms with Crippen LogP contribution < -0.4 is 0 Å². The maximum atomic E-state index is 4.01. The number of nitrogens with zero attached hydrogens (tertiary/aromatic N) is 1. The van der Waals surface area contributed by atoms with Gasteiger partial charge in [0.05, 0.1) is 0 Å². The Bertz CT molecular complexity index is 186. The molecule has 0 rings (SSSR count). The molecule has 0 saturated carbocycles. The Morgan fingerprint density at radius 1 is 0.550 bits per heavy atom. The second kappa shape index (κ2) is 18.7. The maximum absolute atomic E-state index is 4.01. The van der Waals surface area contributed by atoms with Gasteiger partial charge in [0.2, 0.25) is 0 Å². The first-order chi connectivity index (χ1) is 9.91. The van der Waals surface area contributed by atoms with Crippen LogP contribution in [-0.2, 0) is 0 Å². The summed E-state index contributed by atoms with van der Waals surface area (Å²) in [5.74, 6) is 0. The highest BCUT2D eigenvalue weighted by molar-refractivity contribution is 5.56. The van der Waals surface area contributed by atoms with Gasteiger partial charge in [0.1, 0.15) is 0 Å². The van der Waals surface area contributed by atoms with Crippen LogP contribution >= 0.6 is 0 Å². The summed E-state index contributed by atoms with van der Waals surface area (Å²) in [7, 11) is 1.87. The predicted molar refractivity (Wildman–Crippen MR) is 94.0 cm³/mol. The van der Waals surface area contributed by atoms with Crippen LogP contribution in [0.3, 0.4) is 0 Å². The molecule has 0 N–H and O–H groups in total. The van der Waals surface area contributed by atoms with Crippen molar-refractivity contribution in [3.8, 4) is 0 Å². The van der Waals surface area contributed by atoms with E-state index in [1.165, 1.54) is 103 Å². The molecule has 0 amide bonds. The van der Waals surface area contributed by atoms with Crippen LogP contribution in [0, 0.1) is 0 Å². The molecule has 120 valence electrons. The molecule has 0 aromatic rings. The summed E-state index contributed by atoms with van der Waals surface area (Å²) >= 11 is 0. The van der Waals surface area contributed by atoms with Crippen molar-refractivity contribution < 1.29 is 0 Å². The van der Waals surface area contributed by atoms with Gasteiger partial charge in [-0.1, -0.05) is 96.8 Å². The Balaban J connectivity index is 2.92. The largest absolute Gasteiger partial charge is 0.301 e. The van der Waals surface area contributed by atoms with Crippen LogP contribution in [0.2, 0.25) is 0 Å². The van der Waals surface area contributed by atoms with Gasteiger partial charge in [0, 0.05) is 7.05 Å². The van der Waals surface area contributed by atoms with E-state index in [-0.39, 0.29) is 0 Å². The summed E-state index contributed by atoms with van der Waals surface area (Å²) in [5, 5.41) is 0. The minimum atomic E-state index is 1.18. The van der Waals surface area contributed by atoms with Gasteiger partial charge >= 0.3 is 0 Å². The molecular formula is C19H39N. The van der Waals surface area contributed by atoms with Gasteiger partial charge < -0.3 is 4.99 Å². The maximum Gasteiger partial charge on any atom is 0.0273 e. The van der Waals surface area contributed by atoms with Crippen molar-refractivity contribution in [1.82, 2.24) is 0 Å². The molecule has 0 saturated heterocycles. The van der Waals surface area contributed by atoms with E-state index in [1.54, 1.807) is 0 Å². The van der Waals surface area contributed by atoms with Gasteiger partial charge in [-0.05, 0) is 19.1 Å². The van der Waals surface area contributed by atoms with Crippen LogP contribution in [0.1, 0.15) is 110 Å². The zero-order chi connectivity index (χ0) is 14.7. The van der Waals surface area contributed by atoms with Crippen molar-refractivity contribution in [2.24, 2.45) is 4.99 Å². The first-order valence-electron chi connectivity index (χ1n) is 9.32. The Morgan fingerprint density at radius 3 is 1.25 bits per heavy atom. The van der Waals surface area contributed by atoms with Crippen molar-refractivity contribution in [3.05, 3.63) is 0 Å². The van der Waals surface area contributed by atoms with E-state index in [2.05, 4.69) is 11.9 Å². The second-order valence-corrected chi connectivity index (χ2v) is 6.18. The highest BCUT2D eigenvalue weighted by atomic mass is 14.6. The van der Waals surface area contributed by atoms with E-state index in [0.717, 1.165) is 0 Å². The molecular weight excluding hydrogens is 242 g/mol. The standard InChI is InChI=1S/C19H39N/c1-3-4-5-6-7-8-9-10-11-12-13-14-15-16-17-18-19-20-2/h19H,3-18H2,1-2H3. The number of aliphatic imine (C=N–C) groups is 1. The van der Waals surface area contributed by atoms with Crippen LogP contribution in [0.25, 0.3) is 0 Å². The molecule has 0 aliphatic rings. The van der Waals surface area contributed by atoms with Crippen molar-refractivity contribution in [1.29, 1.82) is 0 Å². The van der Waals surface area contributed by atoms with E-state index in [9.17, 15) is 0 Å². The normalized spacial score (nSPS) is 11.5. The Morgan fingerprint density at radius 2 is 0.900 bits per heavy atom. The highest BCUT2D eigenvalue weighted by Crippen LogP contribution is 2.13. The molecule has 0 spiro atoms. The SMILES string of the molecule is CCCCCCCCCCCCCCCCCC=NC. The summed E-state index contributed by atoms with van der Waals surface area (Å²) in [6.45, 7) is 2.29. The summed E-state index contributed by atoms with van der Waals surface area (Å²) < 4.78 is 0. The lowest BCUT2D eigenvalue weighted by Crippen LogP contribution is -1.83. The average molecular weight is 282 g/mol. The van der Waals surface area contributed by atoms with Crippen molar-refractivity contribution in [2.45, 2.75) is 110 Å². The minimum absolute atomic E-state index is 1.18. The molecule has 0 bridgehead atoms. The van der Waals surface area contributed by atoms with Crippen LogP contribution in [0.5, 0.6) is 0 Å². The lowest BCUT2D eigenvalue weighted by molar-refractivity contribution is 0.533. The van der Waals surface area contributed by atoms with Crippen molar-refractivity contribution in [3.63, 3.8) is 0 Å². The predicted octanol–water partition coefficient (Wildman–Crippen LogP) is 6.95. The quantitative estimate of drug-likeness (QED) is 0.214. The molecule has 20 heavy (non-hydrogen) atoms. The van der Waals surface area contributed by atoms with E-state index < -0.39 is 0 Å². The van der Waals surface area contributed by atoms with Gasteiger partial charge in [0.15, 0.2) is 0 Å². The Kier molecular flexibility index (Phi) is 18.4. The molecule has 0 aromatic heterocycles. The van der Waals surface area contributed by atoms with Crippen LogP contribution in [0.4, 0.5) is 0 Å². The third-order valence-electron chi connectivity index (χ3n) is 4.12. The number of unbranched alkanes of at least 4 members (excludes halogenated alkanes) is 15. The zero-order valence-electron chi connectivity index (χ0n) is 14.3. The molecule has 0 radical (unpaired) electrons. The second-order valence-electron chi connectivity index (χ2n) is 6.18. The summed E-state index contributed by atoms with van der Waals surface area (Å²) in [6, 6.07) is 0. The van der Waals surface area contributed by atoms with Crippen LogP contribution in [0.15, 0.2) is 4.99 Å². The van der Waals surface area contributed by atoms with E-state index >= 15 is 0 Å². The number of rotatable bonds is 16. The minimum Gasteiger partial charge on any atom is -0.301 e. The molecule has 0 aliphatic carbocycles.